The number of anilines is 1. The summed E-state index contributed by atoms with van der Waals surface area (Å²) in [5, 5.41) is 14.2. The molecular formula is C14H21FN2O2. The quantitative estimate of drug-likeness (QED) is 0.743. The van der Waals surface area contributed by atoms with E-state index in [1.807, 2.05) is 13.8 Å². The van der Waals surface area contributed by atoms with Gasteiger partial charge in [-0.05, 0) is 42.5 Å². The predicted molar refractivity (Wildman–Crippen MR) is 73.5 cm³/mol. The Morgan fingerprint density at radius 1 is 1.32 bits per heavy atom. The van der Waals surface area contributed by atoms with Gasteiger partial charge in [0.25, 0.3) is 0 Å². The molecular weight excluding hydrogens is 247 g/mol. The number of amides is 2. The SMILES string of the molecule is CC(C)(CCCO)CNC(=O)Nc1ccc(F)cc1. The Balaban J connectivity index is 2.37. The van der Waals surface area contributed by atoms with Crippen molar-refractivity contribution in [2.75, 3.05) is 18.5 Å². The number of halogens is 1. The van der Waals surface area contributed by atoms with Crippen molar-refractivity contribution in [3.63, 3.8) is 0 Å². The highest BCUT2D eigenvalue weighted by atomic mass is 19.1. The van der Waals surface area contributed by atoms with Crippen molar-refractivity contribution in [2.24, 2.45) is 5.41 Å². The maximum atomic E-state index is 12.7. The van der Waals surface area contributed by atoms with E-state index in [-0.39, 0.29) is 23.9 Å². The summed E-state index contributed by atoms with van der Waals surface area (Å²) in [6.07, 6.45) is 1.55. The highest BCUT2D eigenvalue weighted by molar-refractivity contribution is 5.89. The Morgan fingerprint density at radius 2 is 1.95 bits per heavy atom. The molecule has 0 aliphatic heterocycles. The summed E-state index contributed by atoms with van der Waals surface area (Å²) in [6.45, 7) is 4.73. The molecule has 1 aromatic carbocycles. The van der Waals surface area contributed by atoms with Crippen LogP contribution in [0.3, 0.4) is 0 Å². The molecule has 0 aliphatic carbocycles. The molecule has 0 aromatic heterocycles. The van der Waals surface area contributed by atoms with Crippen LogP contribution in [0.5, 0.6) is 0 Å². The highest BCUT2D eigenvalue weighted by Gasteiger charge is 2.18. The molecule has 3 N–H and O–H groups in total. The van der Waals surface area contributed by atoms with Gasteiger partial charge < -0.3 is 15.7 Å². The normalized spacial score (nSPS) is 11.2. The maximum Gasteiger partial charge on any atom is 0.319 e. The Hall–Kier alpha value is -1.62. The van der Waals surface area contributed by atoms with E-state index in [1.165, 1.54) is 24.3 Å². The van der Waals surface area contributed by atoms with Gasteiger partial charge in [-0.2, -0.15) is 0 Å². The average Bonchev–Trinajstić information content (AvgIpc) is 2.37. The minimum absolute atomic E-state index is 0.0666. The molecule has 106 valence electrons. The van der Waals surface area contributed by atoms with Crippen LogP contribution in [0, 0.1) is 11.2 Å². The Kier molecular flexibility index (Phi) is 5.76. The molecule has 1 rings (SSSR count). The lowest BCUT2D eigenvalue weighted by molar-refractivity contribution is 0.227. The van der Waals surface area contributed by atoms with Crippen LogP contribution in [0.25, 0.3) is 0 Å². The van der Waals surface area contributed by atoms with Gasteiger partial charge in [-0.25, -0.2) is 9.18 Å². The number of hydrogen-bond donors (Lipinski definition) is 3. The number of carbonyl (C=O) groups excluding carboxylic acids is 1. The van der Waals surface area contributed by atoms with Crippen molar-refractivity contribution in [3.05, 3.63) is 30.1 Å². The fourth-order valence-corrected chi connectivity index (χ4v) is 1.67. The number of urea groups is 1. The molecule has 5 heteroatoms. The van der Waals surface area contributed by atoms with Gasteiger partial charge in [-0.3, -0.25) is 0 Å². The van der Waals surface area contributed by atoms with Crippen LogP contribution in [0.1, 0.15) is 26.7 Å². The van der Waals surface area contributed by atoms with Gasteiger partial charge in [0, 0.05) is 18.8 Å². The lowest BCUT2D eigenvalue weighted by atomic mass is 9.88. The molecule has 0 unspecified atom stereocenters. The van der Waals surface area contributed by atoms with Crippen molar-refractivity contribution < 1.29 is 14.3 Å². The first-order chi connectivity index (χ1) is 8.93. The molecule has 1 aromatic rings. The van der Waals surface area contributed by atoms with Crippen molar-refractivity contribution in [1.82, 2.24) is 5.32 Å². The number of carbonyl (C=O) groups is 1. The second kappa shape index (κ2) is 7.09. The van der Waals surface area contributed by atoms with Crippen LogP contribution in [-0.4, -0.2) is 24.3 Å². The van der Waals surface area contributed by atoms with Gasteiger partial charge in [0.15, 0.2) is 0 Å². The first-order valence-electron chi connectivity index (χ1n) is 6.34. The first kappa shape index (κ1) is 15.4. The third kappa shape index (κ3) is 6.20. The average molecular weight is 268 g/mol. The minimum atomic E-state index is -0.337. The number of rotatable bonds is 6. The van der Waals surface area contributed by atoms with E-state index in [9.17, 15) is 9.18 Å². The summed E-state index contributed by atoms with van der Waals surface area (Å²) in [5.41, 5.74) is 0.482. The Morgan fingerprint density at radius 3 is 2.53 bits per heavy atom. The van der Waals surface area contributed by atoms with E-state index in [2.05, 4.69) is 10.6 Å². The van der Waals surface area contributed by atoms with Gasteiger partial charge in [0.1, 0.15) is 5.82 Å². The Bertz CT molecular complexity index is 404. The number of nitrogens with one attached hydrogen (secondary N) is 2. The zero-order valence-electron chi connectivity index (χ0n) is 11.4. The van der Waals surface area contributed by atoms with Gasteiger partial charge in [-0.1, -0.05) is 13.8 Å². The summed E-state index contributed by atoms with van der Waals surface area (Å²) < 4.78 is 12.7. The largest absolute Gasteiger partial charge is 0.396 e. The zero-order chi connectivity index (χ0) is 14.3. The molecule has 0 spiro atoms. The topological polar surface area (TPSA) is 61.4 Å². The molecule has 0 atom stereocenters. The molecule has 0 bridgehead atoms. The van der Waals surface area contributed by atoms with E-state index in [1.54, 1.807) is 0 Å². The van der Waals surface area contributed by atoms with E-state index >= 15 is 0 Å². The van der Waals surface area contributed by atoms with Crippen LogP contribution in [0.2, 0.25) is 0 Å². The summed E-state index contributed by atoms with van der Waals surface area (Å²) >= 11 is 0. The molecule has 0 aliphatic rings. The van der Waals surface area contributed by atoms with E-state index < -0.39 is 0 Å². The van der Waals surface area contributed by atoms with E-state index in [0.717, 1.165) is 6.42 Å². The van der Waals surface area contributed by atoms with Crippen molar-refractivity contribution >= 4 is 11.7 Å². The fraction of sp³-hybridized carbons (Fsp3) is 0.500. The minimum Gasteiger partial charge on any atom is -0.396 e. The molecule has 4 nitrogen and oxygen atoms in total. The molecule has 0 saturated carbocycles. The highest BCUT2D eigenvalue weighted by Crippen LogP contribution is 2.20. The van der Waals surface area contributed by atoms with Crippen LogP contribution < -0.4 is 10.6 Å². The molecule has 0 radical (unpaired) electrons. The van der Waals surface area contributed by atoms with Gasteiger partial charge in [0.2, 0.25) is 0 Å². The number of benzene rings is 1. The lowest BCUT2D eigenvalue weighted by Crippen LogP contribution is -2.36. The summed E-state index contributed by atoms with van der Waals surface area (Å²) in [4.78, 5) is 11.7. The van der Waals surface area contributed by atoms with Gasteiger partial charge in [0.05, 0.1) is 0 Å². The number of aliphatic hydroxyl groups is 1. The van der Waals surface area contributed by atoms with Crippen molar-refractivity contribution in [3.8, 4) is 0 Å². The van der Waals surface area contributed by atoms with Crippen LogP contribution in [0.4, 0.5) is 14.9 Å². The second-order valence-electron chi connectivity index (χ2n) is 5.31. The van der Waals surface area contributed by atoms with Crippen LogP contribution >= 0.6 is 0 Å². The predicted octanol–water partition coefficient (Wildman–Crippen LogP) is 2.75. The molecule has 2 amide bonds. The van der Waals surface area contributed by atoms with E-state index in [0.29, 0.717) is 18.7 Å². The third-order valence-electron chi connectivity index (χ3n) is 2.84. The Labute approximate surface area is 113 Å². The fourth-order valence-electron chi connectivity index (χ4n) is 1.67. The third-order valence-corrected chi connectivity index (χ3v) is 2.84. The molecule has 0 saturated heterocycles. The zero-order valence-corrected chi connectivity index (χ0v) is 11.4. The summed E-state index contributed by atoms with van der Waals surface area (Å²) in [6, 6.07) is 5.28. The molecule has 19 heavy (non-hydrogen) atoms. The smallest absolute Gasteiger partial charge is 0.319 e. The van der Waals surface area contributed by atoms with Crippen LogP contribution in [-0.2, 0) is 0 Å². The molecule has 0 heterocycles. The van der Waals surface area contributed by atoms with Gasteiger partial charge >= 0.3 is 6.03 Å². The first-order valence-corrected chi connectivity index (χ1v) is 6.34. The van der Waals surface area contributed by atoms with E-state index in [4.69, 9.17) is 5.11 Å². The van der Waals surface area contributed by atoms with Gasteiger partial charge in [-0.15, -0.1) is 0 Å². The van der Waals surface area contributed by atoms with Crippen molar-refractivity contribution in [1.29, 1.82) is 0 Å². The maximum absolute atomic E-state index is 12.7. The summed E-state index contributed by atoms with van der Waals surface area (Å²) in [5.74, 6) is -0.337. The summed E-state index contributed by atoms with van der Waals surface area (Å²) in [7, 11) is 0. The second-order valence-corrected chi connectivity index (χ2v) is 5.31. The molecule has 0 fully saturated rings. The van der Waals surface area contributed by atoms with Crippen LogP contribution in [0.15, 0.2) is 24.3 Å². The monoisotopic (exact) mass is 268 g/mol. The lowest BCUT2D eigenvalue weighted by Gasteiger charge is -2.24. The number of hydrogen-bond acceptors (Lipinski definition) is 2. The van der Waals surface area contributed by atoms with Crippen molar-refractivity contribution in [2.45, 2.75) is 26.7 Å². The number of aliphatic hydroxyl groups excluding tert-OH is 1. The standard InChI is InChI=1S/C14H21FN2O2/c1-14(2,8-3-9-18)10-16-13(19)17-12-6-4-11(15)5-7-12/h4-7,18H,3,8-10H2,1-2H3,(H2,16,17,19).